The van der Waals surface area contributed by atoms with Gasteiger partial charge in [0.05, 0.1) is 16.3 Å². The van der Waals surface area contributed by atoms with E-state index in [2.05, 4.69) is 29.7 Å². The normalized spacial score (nSPS) is 14.2. The molecule has 36 heavy (non-hydrogen) atoms. The van der Waals surface area contributed by atoms with E-state index in [9.17, 15) is 8.42 Å². The minimum atomic E-state index is -3.67. The highest BCUT2D eigenvalue weighted by Crippen LogP contribution is 2.35. The van der Waals surface area contributed by atoms with E-state index in [4.69, 9.17) is 0 Å². The zero-order valence-electron chi connectivity index (χ0n) is 20.4. The van der Waals surface area contributed by atoms with Crippen molar-refractivity contribution in [3.63, 3.8) is 0 Å². The summed E-state index contributed by atoms with van der Waals surface area (Å²) >= 11 is 0. The fourth-order valence-corrected chi connectivity index (χ4v) is 6.15. The molecule has 0 spiro atoms. The molecule has 4 aromatic rings. The van der Waals surface area contributed by atoms with Gasteiger partial charge in [0.25, 0.3) is 0 Å². The fraction of sp³-hybridized carbons (Fsp3) is 0.200. The van der Waals surface area contributed by atoms with Crippen LogP contribution < -0.4 is 10.6 Å². The van der Waals surface area contributed by atoms with Crippen LogP contribution in [0.2, 0.25) is 0 Å². The summed E-state index contributed by atoms with van der Waals surface area (Å²) in [6.07, 6.45) is 1.37. The Morgan fingerprint density at radius 1 is 0.667 bits per heavy atom. The number of sulfonamides is 1. The number of hydrogen-bond donors (Lipinski definition) is 2. The van der Waals surface area contributed by atoms with Gasteiger partial charge in [0.15, 0.2) is 0 Å². The maximum Gasteiger partial charge on any atom is 0.243 e. The van der Waals surface area contributed by atoms with Gasteiger partial charge in [0.1, 0.15) is 5.66 Å². The van der Waals surface area contributed by atoms with E-state index in [0.717, 1.165) is 28.1 Å². The van der Waals surface area contributed by atoms with Gasteiger partial charge in [-0.25, -0.2) is 8.42 Å². The van der Waals surface area contributed by atoms with Crippen molar-refractivity contribution >= 4 is 21.4 Å². The smallest absolute Gasteiger partial charge is 0.243 e. The minimum Gasteiger partial charge on any atom is -0.361 e. The van der Waals surface area contributed by atoms with Crippen molar-refractivity contribution in [3.05, 3.63) is 126 Å². The van der Waals surface area contributed by atoms with Crippen LogP contribution in [0.3, 0.4) is 0 Å². The van der Waals surface area contributed by atoms with Crippen molar-refractivity contribution in [3.8, 4) is 0 Å². The third kappa shape index (κ3) is 5.45. The molecule has 6 heteroatoms. The molecule has 2 N–H and O–H groups in total. The van der Waals surface area contributed by atoms with Crippen molar-refractivity contribution in [1.29, 1.82) is 0 Å². The molecular weight excluding hydrogens is 466 g/mol. The predicted molar refractivity (Wildman–Crippen MR) is 146 cm³/mol. The molecule has 0 aromatic heterocycles. The van der Waals surface area contributed by atoms with Crippen LogP contribution in [0.5, 0.6) is 0 Å². The van der Waals surface area contributed by atoms with Gasteiger partial charge in [0, 0.05) is 19.5 Å². The average molecular weight is 498 g/mol. The van der Waals surface area contributed by atoms with E-state index in [-0.39, 0.29) is 5.66 Å². The molecule has 5 rings (SSSR count). The van der Waals surface area contributed by atoms with Crippen LogP contribution in [0, 0.1) is 0 Å². The lowest BCUT2D eigenvalue weighted by Crippen LogP contribution is -2.40. The van der Waals surface area contributed by atoms with Crippen LogP contribution in [0.25, 0.3) is 0 Å². The lowest BCUT2D eigenvalue weighted by molar-refractivity contribution is 0.409. The first-order chi connectivity index (χ1) is 17.4. The Morgan fingerprint density at radius 3 is 1.78 bits per heavy atom. The van der Waals surface area contributed by atoms with Crippen LogP contribution in [0.15, 0.2) is 114 Å². The van der Waals surface area contributed by atoms with Gasteiger partial charge >= 0.3 is 0 Å². The molecule has 1 aliphatic rings. The first kappa shape index (κ1) is 24.1. The van der Waals surface area contributed by atoms with E-state index in [1.165, 1.54) is 0 Å². The van der Waals surface area contributed by atoms with Crippen LogP contribution >= 0.6 is 0 Å². The first-order valence-corrected chi connectivity index (χ1v) is 13.7. The molecule has 0 aliphatic carbocycles. The topological polar surface area (TPSA) is 61.4 Å². The fourth-order valence-electron chi connectivity index (χ4n) is 4.72. The number of nitrogens with one attached hydrogen (secondary N) is 2. The highest BCUT2D eigenvalue weighted by Gasteiger charge is 2.31. The average Bonchev–Trinajstić information content (AvgIpc) is 3.23. The standard InChI is InChI=1S/C30H31N3O2S/c1-30(31-28-14-8-9-15-29(28)32-30)22-25-16-18-27(19-17-25)36(34,35)33(23-26-12-6-3-7-13-26)21-20-24-10-4-2-5-11-24/h2-19,31-32H,20-23H2,1H3. The quantitative estimate of drug-likeness (QED) is 0.302. The molecule has 0 fully saturated rings. The SMILES string of the molecule is CC1(Cc2ccc(S(=O)(=O)N(CCc3ccccc3)Cc3ccccc3)cc2)Nc2ccccc2N1. The molecule has 0 atom stereocenters. The van der Waals surface area contributed by atoms with E-state index in [1.54, 1.807) is 16.4 Å². The maximum atomic E-state index is 13.7. The van der Waals surface area contributed by atoms with Gasteiger partial charge in [-0.15, -0.1) is 0 Å². The second-order valence-electron chi connectivity index (χ2n) is 9.51. The summed E-state index contributed by atoms with van der Waals surface area (Å²) in [5.41, 5.74) is 4.97. The largest absolute Gasteiger partial charge is 0.361 e. The second-order valence-corrected chi connectivity index (χ2v) is 11.4. The Bertz CT molecular complexity index is 1380. The molecule has 0 saturated carbocycles. The Kier molecular flexibility index (Phi) is 6.81. The van der Waals surface area contributed by atoms with Crippen molar-refractivity contribution < 1.29 is 8.42 Å². The molecule has 5 nitrogen and oxygen atoms in total. The molecular formula is C30H31N3O2S. The van der Waals surface area contributed by atoms with Crippen molar-refractivity contribution in [2.75, 3.05) is 17.2 Å². The number of fused-ring (bicyclic) bond motifs is 1. The molecule has 184 valence electrons. The Morgan fingerprint density at radius 2 is 1.19 bits per heavy atom. The third-order valence-electron chi connectivity index (χ3n) is 6.56. The van der Waals surface area contributed by atoms with Gasteiger partial charge < -0.3 is 10.6 Å². The van der Waals surface area contributed by atoms with E-state index in [1.807, 2.05) is 84.9 Å². The molecule has 0 bridgehead atoms. The van der Waals surface area contributed by atoms with Gasteiger partial charge in [0.2, 0.25) is 10.0 Å². The van der Waals surface area contributed by atoms with Crippen molar-refractivity contribution in [1.82, 2.24) is 4.31 Å². The van der Waals surface area contributed by atoms with Gasteiger partial charge in [-0.1, -0.05) is 84.9 Å². The number of anilines is 2. The second kappa shape index (κ2) is 10.2. The van der Waals surface area contributed by atoms with Crippen molar-refractivity contribution in [2.45, 2.75) is 36.9 Å². The summed E-state index contributed by atoms with van der Waals surface area (Å²) in [7, 11) is -3.67. The van der Waals surface area contributed by atoms with Crippen LogP contribution in [-0.2, 0) is 29.4 Å². The molecule has 1 heterocycles. The third-order valence-corrected chi connectivity index (χ3v) is 8.42. The summed E-state index contributed by atoms with van der Waals surface area (Å²) < 4.78 is 29.0. The predicted octanol–water partition coefficient (Wildman–Crippen LogP) is 5.92. The molecule has 0 radical (unpaired) electrons. The maximum absolute atomic E-state index is 13.7. The van der Waals surface area contributed by atoms with Gasteiger partial charge in [-0.05, 0) is 54.3 Å². The number of benzene rings is 4. The zero-order chi connectivity index (χ0) is 25.0. The summed E-state index contributed by atoms with van der Waals surface area (Å²) in [4.78, 5) is 0.316. The van der Waals surface area contributed by atoms with E-state index < -0.39 is 10.0 Å². The lowest BCUT2D eigenvalue weighted by Gasteiger charge is -2.27. The Hall–Kier alpha value is -3.61. The monoisotopic (exact) mass is 497 g/mol. The highest BCUT2D eigenvalue weighted by molar-refractivity contribution is 7.89. The summed E-state index contributed by atoms with van der Waals surface area (Å²) in [5, 5.41) is 7.09. The summed E-state index contributed by atoms with van der Waals surface area (Å²) in [5.74, 6) is 0. The van der Waals surface area contributed by atoms with Gasteiger partial charge in [-0.3, -0.25) is 0 Å². The highest BCUT2D eigenvalue weighted by atomic mass is 32.2. The van der Waals surface area contributed by atoms with Crippen LogP contribution in [0.4, 0.5) is 11.4 Å². The lowest BCUT2D eigenvalue weighted by atomic mass is 10.0. The Balaban J connectivity index is 1.33. The molecule has 0 unspecified atom stereocenters. The zero-order valence-corrected chi connectivity index (χ0v) is 21.2. The molecule has 1 aliphatic heterocycles. The molecule has 4 aromatic carbocycles. The van der Waals surface area contributed by atoms with E-state index >= 15 is 0 Å². The number of nitrogens with zero attached hydrogens (tertiary/aromatic N) is 1. The summed E-state index contributed by atoms with van der Waals surface area (Å²) in [6, 6.07) is 35.2. The van der Waals surface area contributed by atoms with Crippen molar-refractivity contribution in [2.24, 2.45) is 0 Å². The minimum absolute atomic E-state index is 0.316. The Labute approximate surface area is 213 Å². The number of hydrogen-bond acceptors (Lipinski definition) is 4. The molecule has 0 amide bonds. The first-order valence-electron chi connectivity index (χ1n) is 12.2. The number of rotatable bonds is 9. The van der Waals surface area contributed by atoms with E-state index in [0.29, 0.717) is 30.8 Å². The molecule has 0 saturated heterocycles. The van der Waals surface area contributed by atoms with Crippen LogP contribution in [0.1, 0.15) is 23.6 Å². The summed E-state index contributed by atoms with van der Waals surface area (Å²) in [6.45, 7) is 2.86. The van der Waals surface area contributed by atoms with Crippen LogP contribution in [-0.4, -0.2) is 24.9 Å². The van der Waals surface area contributed by atoms with Gasteiger partial charge in [-0.2, -0.15) is 4.31 Å². The number of para-hydroxylation sites is 2.